The molecule has 3 aromatic heterocycles. The van der Waals surface area contributed by atoms with E-state index in [1.807, 2.05) is 0 Å². The van der Waals surface area contributed by atoms with Gasteiger partial charge in [-0.15, -0.1) is 0 Å². The fourth-order valence-electron chi connectivity index (χ4n) is 3.99. The summed E-state index contributed by atoms with van der Waals surface area (Å²) in [5.74, 6) is -2.12. The lowest BCUT2D eigenvalue weighted by atomic mass is 9.91. The molecule has 2 N–H and O–H groups in total. The Morgan fingerprint density at radius 3 is 2.84 bits per heavy atom. The molecule has 1 saturated carbocycles. The Morgan fingerprint density at radius 1 is 1.26 bits per heavy atom. The van der Waals surface area contributed by atoms with Crippen molar-refractivity contribution in [3.05, 3.63) is 41.2 Å². The number of H-pyrrole nitrogens is 1. The van der Waals surface area contributed by atoms with Crippen molar-refractivity contribution in [2.75, 3.05) is 6.54 Å². The first-order valence-corrected chi connectivity index (χ1v) is 10.1. The molecular formula is C20H18ClF4N5O. The number of aromatic nitrogens is 4. The predicted molar refractivity (Wildman–Crippen MR) is 106 cm³/mol. The SMILES string of the molecule is O=C(NCCC(F)(F)F)[C@H]1CCCC1c1nc(-c2c[nH]c3ncc(Cl)cc23)ncc1F. The molecule has 164 valence electrons. The third-order valence-electron chi connectivity index (χ3n) is 5.42. The van der Waals surface area contributed by atoms with Crippen LogP contribution in [-0.4, -0.2) is 38.6 Å². The number of carbonyl (C=O) groups is 1. The van der Waals surface area contributed by atoms with E-state index in [1.165, 1.54) is 6.20 Å². The van der Waals surface area contributed by atoms with Crippen LogP contribution in [-0.2, 0) is 4.79 Å². The van der Waals surface area contributed by atoms with Crippen molar-refractivity contribution >= 4 is 28.5 Å². The summed E-state index contributed by atoms with van der Waals surface area (Å²) in [5.41, 5.74) is 1.23. The zero-order valence-electron chi connectivity index (χ0n) is 16.1. The first-order chi connectivity index (χ1) is 14.7. The zero-order valence-corrected chi connectivity index (χ0v) is 16.9. The van der Waals surface area contributed by atoms with Crippen LogP contribution in [0.4, 0.5) is 17.6 Å². The molecule has 31 heavy (non-hydrogen) atoms. The Balaban J connectivity index is 1.60. The van der Waals surface area contributed by atoms with Crippen molar-refractivity contribution in [3.63, 3.8) is 0 Å². The number of hydrogen-bond acceptors (Lipinski definition) is 4. The van der Waals surface area contributed by atoms with Gasteiger partial charge >= 0.3 is 6.18 Å². The van der Waals surface area contributed by atoms with Gasteiger partial charge in [-0.3, -0.25) is 4.79 Å². The van der Waals surface area contributed by atoms with E-state index in [0.717, 1.165) is 6.20 Å². The molecule has 0 radical (unpaired) electrons. The molecule has 3 aromatic rings. The number of rotatable bonds is 5. The molecule has 3 heterocycles. The number of pyridine rings is 1. The van der Waals surface area contributed by atoms with Crippen LogP contribution in [0.25, 0.3) is 22.4 Å². The number of amides is 1. The average Bonchev–Trinajstić information content (AvgIpc) is 3.34. The predicted octanol–water partition coefficient (Wildman–Crippen LogP) is 4.76. The molecule has 11 heteroatoms. The standard InChI is InChI=1S/C20H18ClF4N5O/c21-10-6-13-14(8-28-17(13)27-7-10)18-29-9-15(22)16(30-18)11-2-1-3-12(11)19(31)26-5-4-20(23,24)25/h6-9,11-12H,1-5H2,(H,26,31)(H,27,28)/t11?,12-/m0/s1. The molecule has 0 aliphatic heterocycles. The number of aromatic amines is 1. The Labute approximate surface area is 179 Å². The highest BCUT2D eigenvalue weighted by atomic mass is 35.5. The van der Waals surface area contributed by atoms with Gasteiger partial charge in [0.1, 0.15) is 5.65 Å². The second-order valence-corrected chi connectivity index (χ2v) is 7.92. The minimum absolute atomic E-state index is 0.0859. The molecule has 6 nitrogen and oxygen atoms in total. The fraction of sp³-hybridized carbons (Fsp3) is 0.400. The Bertz CT molecular complexity index is 1120. The Hall–Kier alpha value is -2.75. The molecule has 2 atom stereocenters. The number of carbonyl (C=O) groups excluding carboxylic acids is 1. The summed E-state index contributed by atoms with van der Waals surface area (Å²) in [5, 5.41) is 3.40. The minimum atomic E-state index is -4.35. The Morgan fingerprint density at radius 2 is 2.06 bits per heavy atom. The second kappa shape index (κ2) is 8.41. The first-order valence-electron chi connectivity index (χ1n) is 9.73. The number of nitrogens with zero attached hydrogens (tertiary/aromatic N) is 3. The molecular weight excluding hydrogens is 438 g/mol. The van der Waals surface area contributed by atoms with Crippen LogP contribution >= 0.6 is 11.6 Å². The minimum Gasteiger partial charge on any atom is -0.356 e. The summed E-state index contributed by atoms with van der Waals surface area (Å²) in [6.07, 6.45) is 0.313. The molecule has 0 bridgehead atoms. The summed E-state index contributed by atoms with van der Waals surface area (Å²) >= 11 is 6.03. The van der Waals surface area contributed by atoms with E-state index in [9.17, 15) is 22.4 Å². The maximum absolute atomic E-state index is 14.6. The van der Waals surface area contributed by atoms with E-state index in [-0.39, 0.29) is 11.5 Å². The molecule has 1 fully saturated rings. The van der Waals surface area contributed by atoms with Crippen LogP contribution < -0.4 is 5.32 Å². The molecule has 1 aliphatic carbocycles. The van der Waals surface area contributed by atoms with E-state index in [1.54, 1.807) is 12.3 Å². The van der Waals surface area contributed by atoms with E-state index in [2.05, 4.69) is 25.3 Å². The van der Waals surface area contributed by atoms with Gasteiger partial charge in [-0.05, 0) is 18.9 Å². The summed E-state index contributed by atoms with van der Waals surface area (Å²) in [6, 6.07) is 1.69. The van der Waals surface area contributed by atoms with Gasteiger partial charge < -0.3 is 10.3 Å². The van der Waals surface area contributed by atoms with E-state index in [0.29, 0.717) is 40.9 Å². The van der Waals surface area contributed by atoms with Gasteiger partial charge in [0.25, 0.3) is 0 Å². The molecule has 0 aromatic carbocycles. The third kappa shape index (κ3) is 4.63. The van der Waals surface area contributed by atoms with E-state index in [4.69, 9.17) is 11.6 Å². The molecule has 0 saturated heterocycles. The first kappa shape index (κ1) is 21.5. The monoisotopic (exact) mass is 455 g/mol. The van der Waals surface area contributed by atoms with Crippen LogP contribution in [0.1, 0.15) is 37.3 Å². The van der Waals surface area contributed by atoms with Crippen LogP contribution in [0.3, 0.4) is 0 Å². The molecule has 0 spiro atoms. The van der Waals surface area contributed by atoms with Crippen molar-refractivity contribution in [1.82, 2.24) is 25.3 Å². The quantitative estimate of drug-likeness (QED) is 0.543. The lowest BCUT2D eigenvalue weighted by Gasteiger charge is -2.20. The molecule has 4 rings (SSSR count). The van der Waals surface area contributed by atoms with Gasteiger partial charge in [0, 0.05) is 41.7 Å². The van der Waals surface area contributed by atoms with Crippen LogP contribution in [0, 0.1) is 11.7 Å². The van der Waals surface area contributed by atoms with Crippen molar-refractivity contribution in [1.29, 1.82) is 0 Å². The second-order valence-electron chi connectivity index (χ2n) is 7.48. The van der Waals surface area contributed by atoms with Gasteiger partial charge in [-0.25, -0.2) is 19.3 Å². The van der Waals surface area contributed by atoms with E-state index < -0.39 is 42.7 Å². The summed E-state index contributed by atoms with van der Waals surface area (Å²) in [4.78, 5) is 28.1. The van der Waals surface area contributed by atoms with Crippen molar-refractivity contribution in [2.24, 2.45) is 5.92 Å². The van der Waals surface area contributed by atoms with Crippen LogP contribution in [0.5, 0.6) is 0 Å². The van der Waals surface area contributed by atoms with Gasteiger partial charge in [0.15, 0.2) is 11.6 Å². The van der Waals surface area contributed by atoms with E-state index >= 15 is 0 Å². The molecule has 1 amide bonds. The number of halogens is 5. The van der Waals surface area contributed by atoms with Gasteiger partial charge in [-0.2, -0.15) is 13.2 Å². The topological polar surface area (TPSA) is 83.6 Å². The lowest BCUT2D eigenvalue weighted by Crippen LogP contribution is -2.34. The number of hydrogen-bond donors (Lipinski definition) is 2. The summed E-state index contributed by atoms with van der Waals surface area (Å²) in [7, 11) is 0. The highest BCUT2D eigenvalue weighted by molar-refractivity contribution is 6.31. The third-order valence-corrected chi connectivity index (χ3v) is 5.63. The normalized spacial score (nSPS) is 19.1. The van der Waals surface area contributed by atoms with Gasteiger partial charge in [0.2, 0.25) is 5.91 Å². The number of nitrogens with one attached hydrogen (secondary N) is 2. The molecule has 1 aliphatic rings. The zero-order chi connectivity index (χ0) is 22.2. The highest BCUT2D eigenvalue weighted by Gasteiger charge is 2.37. The van der Waals surface area contributed by atoms with Crippen LogP contribution in [0.15, 0.2) is 24.7 Å². The maximum Gasteiger partial charge on any atom is 0.390 e. The number of alkyl halides is 3. The summed E-state index contributed by atoms with van der Waals surface area (Å²) < 4.78 is 51.7. The van der Waals surface area contributed by atoms with Gasteiger partial charge in [-0.1, -0.05) is 18.0 Å². The summed E-state index contributed by atoms with van der Waals surface area (Å²) in [6.45, 7) is -0.508. The number of fused-ring (bicyclic) bond motifs is 1. The van der Waals surface area contributed by atoms with Crippen LogP contribution in [0.2, 0.25) is 5.02 Å². The Kier molecular flexibility index (Phi) is 5.83. The fourth-order valence-corrected chi connectivity index (χ4v) is 4.15. The maximum atomic E-state index is 14.6. The average molecular weight is 456 g/mol. The van der Waals surface area contributed by atoms with Gasteiger partial charge in [0.05, 0.1) is 23.3 Å². The van der Waals surface area contributed by atoms with Crippen molar-refractivity contribution in [2.45, 2.75) is 37.8 Å². The highest BCUT2D eigenvalue weighted by Crippen LogP contribution is 2.40. The smallest absolute Gasteiger partial charge is 0.356 e. The largest absolute Gasteiger partial charge is 0.390 e. The van der Waals surface area contributed by atoms with Crippen molar-refractivity contribution < 1.29 is 22.4 Å². The lowest BCUT2D eigenvalue weighted by molar-refractivity contribution is -0.136. The molecule has 1 unspecified atom stereocenters. The van der Waals surface area contributed by atoms with Crippen molar-refractivity contribution in [3.8, 4) is 11.4 Å².